The lowest BCUT2D eigenvalue weighted by atomic mass is 10.1. The Balaban J connectivity index is 0.00000420. The predicted octanol–water partition coefficient (Wildman–Crippen LogP) is 3.21. The van der Waals surface area contributed by atoms with E-state index >= 15 is 0 Å². The van der Waals surface area contributed by atoms with E-state index in [1.807, 2.05) is 12.1 Å². The average Bonchev–Trinajstić information content (AvgIpc) is 2.66. The Bertz CT molecular complexity index is 827. The number of nitrogens with two attached hydrogens (primary N) is 1. The molecule has 0 aromatic heterocycles. The van der Waals surface area contributed by atoms with Gasteiger partial charge in [-0.1, -0.05) is 24.3 Å². The standard InChI is InChI=1S/C19H21F3N4O2.HI/c1-24-17(27)15-4-2-3-13(11-15)9-10-25-18(23)26-12-14-5-7-16(8-6-14)28-19(20,21)22;/h2-8,11H,9-10,12H2,1H3,(H,24,27)(H3,23,25,26);1H. The second-order valence-electron chi connectivity index (χ2n) is 5.85. The largest absolute Gasteiger partial charge is 0.573 e. The van der Waals surface area contributed by atoms with Crippen molar-refractivity contribution >= 4 is 35.8 Å². The van der Waals surface area contributed by atoms with Crippen LogP contribution >= 0.6 is 24.0 Å². The average molecular weight is 522 g/mol. The smallest absolute Gasteiger partial charge is 0.406 e. The highest BCUT2D eigenvalue weighted by molar-refractivity contribution is 14.0. The van der Waals surface area contributed by atoms with Gasteiger partial charge in [-0.05, 0) is 41.8 Å². The predicted molar refractivity (Wildman–Crippen MR) is 115 cm³/mol. The highest BCUT2D eigenvalue weighted by Gasteiger charge is 2.30. The Hall–Kier alpha value is -2.50. The van der Waals surface area contributed by atoms with Gasteiger partial charge in [0, 0.05) is 19.2 Å². The summed E-state index contributed by atoms with van der Waals surface area (Å²) in [4.78, 5) is 15.8. The molecule has 158 valence electrons. The van der Waals surface area contributed by atoms with Crippen LogP contribution in [0.1, 0.15) is 21.5 Å². The molecule has 0 fully saturated rings. The molecule has 4 N–H and O–H groups in total. The first-order valence-electron chi connectivity index (χ1n) is 8.46. The number of amides is 1. The van der Waals surface area contributed by atoms with Gasteiger partial charge in [-0.3, -0.25) is 4.79 Å². The van der Waals surface area contributed by atoms with Gasteiger partial charge < -0.3 is 21.1 Å². The maximum absolute atomic E-state index is 12.1. The molecule has 6 nitrogen and oxygen atoms in total. The molecule has 0 aliphatic heterocycles. The number of ether oxygens (including phenoxy) is 1. The Labute approximate surface area is 183 Å². The van der Waals surface area contributed by atoms with Crippen molar-refractivity contribution in [3.8, 4) is 5.75 Å². The van der Waals surface area contributed by atoms with Gasteiger partial charge in [-0.15, -0.1) is 37.1 Å². The monoisotopic (exact) mass is 522 g/mol. The van der Waals surface area contributed by atoms with Crippen molar-refractivity contribution in [2.45, 2.75) is 19.3 Å². The van der Waals surface area contributed by atoms with E-state index in [-0.39, 0.29) is 48.1 Å². The first-order chi connectivity index (χ1) is 13.3. The van der Waals surface area contributed by atoms with E-state index in [0.29, 0.717) is 24.1 Å². The molecular weight excluding hydrogens is 500 g/mol. The third kappa shape index (κ3) is 9.03. The van der Waals surface area contributed by atoms with Gasteiger partial charge in [-0.25, -0.2) is 4.99 Å². The van der Waals surface area contributed by atoms with E-state index in [2.05, 4.69) is 20.4 Å². The van der Waals surface area contributed by atoms with Gasteiger partial charge in [0.1, 0.15) is 5.75 Å². The van der Waals surface area contributed by atoms with E-state index in [0.717, 1.165) is 5.56 Å². The van der Waals surface area contributed by atoms with Crippen molar-refractivity contribution in [2.24, 2.45) is 10.7 Å². The van der Waals surface area contributed by atoms with Crippen LogP contribution in [0.2, 0.25) is 0 Å². The van der Waals surface area contributed by atoms with Gasteiger partial charge in [0.05, 0.1) is 6.54 Å². The quantitative estimate of drug-likeness (QED) is 0.296. The maximum Gasteiger partial charge on any atom is 0.573 e. The Morgan fingerprint density at radius 3 is 2.45 bits per heavy atom. The zero-order chi connectivity index (χ0) is 20.6. The molecule has 0 heterocycles. The minimum Gasteiger partial charge on any atom is -0.406 e. The summed E-state index contributed by atoms with van der Waals surface area (Å²) >= 11 is 0. The Morgan fingerprint density at radius 2 is 1.83 bits per heavy atom. The fourth-order valence-electron chi connectivity index (χ4n) is 2.38. The Kier molecular flexibility index (Phi) is 9.72. The molecule has 0 atom stereocenters. The van der Waals surface area contributed by atoms with Gasteiger partial charge in [0.2, 0.25) is 0 Å². The summed E-state index contributed by atoms with van der Waals surface area (Å²) in [6, 6.07) is 12.7. The van der Waals surface area contributed by atoms with E-state index < -0.39 is 6.36 Å². The molecule has 10 heteroatoms. The summed E-state index contributed by atoms with van der Waals surface area (Å²) < 4.78 is 40.2. The highest BCUT2D eigenvalue weighted by Crippen LogP contribution is 2.22. The lowest BCUT2D eigenvalue weighted by Gasteiger charge is -2.09. The maximum atomic E-state index is 12.1. The fraction of sp³-hybridized carbons (Fsp3) is 0.263. The summed E-state index contributed by atoms with van der Waals surface area (Å²) in [5.74, 6) is -0.217. The van der Waals surface area contributed by atoms with Crippen LogP contribution in [0.4, 0.5) is 13.2 Å². The molecule has 0 radical (unpaired) electrons. The van der Waals surface area contributed by atoms with Crippen LogP contribution in [0, 0.1) is 0 Å². The number of hydrogen-bond acceptors (Lipinski definition) is 3. The second-order valence-corrected chi connectivity index (χ2v) is 5.85. The number of benzene rings is 2. The van der Waals surface area contributed by atoms with E-state index in [4.69, 9.17) is 5.73 Å². The third-order valence-electron chi connectivity index (χ3n) is 3.72. The number of nitrogens with zero attached hydrogens (tertiary/aromatic N) is 1. The number of rotatable bonds is 7. The minimum atomic E-state index is -4.71. The van der Waals surface area contributed by atoms with E-state index in [1.165, 1.54) is 24.3 Å². The number of alkyl halides is 3. The topological polar surface area (TPSA) is 88.7 Å². The SMILES string of the molecule is CNC(=O)c1cccc(CCNC(N)=NCc2ccc(OC(F)(F)F)cc2)c1.I. The normalized spacial score (nSPS) is 11.4. The summed E-state index contributed by atoms with van der Waals surface area (Å²) in [5.41, 5.74) is 8.05. The summed E-state index contributed by atoms with van der Waals surface area (Å²) in [5, 5.41) is 5.53. The first kappa shape index (κ1) is 24.5. The van der Waals surface area contributed by atoms with E-state index in [9.17, 15) is 18.0 Å². The number of guanidine groups is 1. The van der Waals surface area contributed by atoms with E-state index in [1.54, 1.807) is 19.2 Å². The zero-order valence-electron chi connectivity index (χ0n) is 15.6. The van der Waals surface area contributed by atoms with Crippen LogP contribution in [0.3, 0.4) is 0 Å². The van der Waals surface area contributed by atoms with Gasteiger partial charge in [-0.2, -0.15) is 0 Å². The second kappa shape index (κ2) is 11.5. The van der Waals surface area contributed by atoms with Crippen molar-refractivity contribution in [2.75, 3.05) is 13.6 Å². The van der Waals surface area contributed by atoms with Crippen LogP contribution in [-0.4, -0.2) is 31.8 Å². The number of aliphatic imine (C=N–C) groups is 1. The van der Waals surface area contributed by atoms with Gasteiger partial charge in [0.15, 0.2) is 5.96 Å². The summed E-state index contributed by atoms with van der Waals surface area (Å²) in [7, 11) is 1.57. The molecule has 0 saturated carbocycles. The van der Waals surface area contributed by atoms with Gasteiger partial charge >= 0.3 is 6.36 Å². The molecule has 2 rings (SSSR count). The molecule has 0 aliphatic carbocycles. The molecule has 29 heavy (non-hydrogen) atoms. The lowest BCUT2D eigenvalue weighted by Crippen LogP contribution is -2.33. The summed E-state index contributed by atoms with van der Waals surface area (Å²) in [6.07, 6.45) is -4.07. The number of carbonyl (C=O) groups is 1. The number of carbonyl (C=O) groups excluding carboxylic acids is 1. The molecular formula is C19H22F3IN4O2. The zero-order valence-corrected chi connectivity index (χ0v) is 18.0. The van der Waals surface area contributed by atoms with Crippen LogP contribution in [0.25, 0.3) is 0 Å². The fourth-order valence-corrected chi connectivity index (χ4v) is 2.38. The molecule has 2 aromatic rings. The van der Waals surface area contributed by atoms with Crippen molar-refractivity contribution in [1.29, 1.82) is 0 Å². The molecule has 0 saturated heterocycles. The van der Waals surface area contributed by atoms with Gasteiger partial charge in [0.25, 0.3) is 5.91 Å². The Morgan fingerprint density at radius 1 is 1.14 bits per heavy atom. The molecule has 0 aliphatic rings. The molecule has 1 amide bonds. The van der Waals surface area contributed by atoms with Crippen LogP contribution in [0.5, 0.6) is 5.75 Å². The lowest BCUT2D eigenvalue weighted by molar-refractivity contribution is -0.274. The first-order valence-corrected chi connectivity index (χ1v) is 8.46. The number of halogens is 4. The van der Waals surface area contributed by atoms with Crippen molar-refractivity contribution in [3.05, 3.63) is 65.2 Å². The van der Waals surface area contributed by atoms with Crippen LogP contribution < -0.4 is 21.1 Å². The summed E-state index contributed by atoms with van der Waals surface area (Å²) in [6.45, 7) is 0.738. The highest BCUT2D eigenvalue weighted by atomic mass is 127. The van der Waals surface area contributed by atoms with Crippen LogP contribution in [-0.2, 0) is 13.0 Å². The third-order valence-corrected chi connectivity index (χ3v) is 3.72. The molecule has 0 spiro atoms. The molecule has 0 bridgehead atoms. The minimum absolute atomic E-state index is 0. The molecule has 2 aromatic carbocycles. The van der Waals surface area contributed by atoms with Crippen LogP contribution in [0.15, 0.2) is 53.5 Å². The molecule has 0 unspecified atom stereocenters. The number of hydrogen-bond donors (Lipinski definition) is 3. The van der Waals surface area contributed by atoms with Crippen molar-refractivity contribution < 1.29 is 22.7 Å². The number of nitrogens with one attached hydrogen (secondary N) is 2. The van der Waals surface area contributed by atoms with Crippen molar-refractivity contribution in [1.82, 2.24) is 10.6 Å². The van der Waals surface area contributed by atoms with Crippen molar-refractivity contribution in [3.63, 3.8) is 0 Å².